The number of halogens is 5. The average Bonchev–Trinajstić information content (AvgIpc) is 3.48. The van der Waals surface area contributed by atoms with Crippen LogP contribution in [-0.2, 0) is 17.5 Å². The molecule has 10 nitrogen and oxygen atoms in total. The molecule has 43 heavy (non-hydrogen) atoms. The van der Waals surface area contributed by atoms with Gasteiger partial charge in [-0.15, -0.1) is 5.10 Å². The minimum absolute atomic E-state index is 0.134. The minimum atomic E-state index is -4.40. The van der Waals surface area contributed by atoms with Crippen molar-refractivity contribution in [2.24, 2.45) is 11.8 Å². The van der Waals surface area contributed by atoms with E-state index in [0.29, 0.717) is 17.3 Å². The number of fused-ring (bicyclic) bond motifs is 1. The number of nitrogens with one attached hydrogen (secondary N) is 2. The molecule has 2 N–H and O–H groups in total. The van der Waals surface area contributed by atoms with Crippen molar-refractivity contribution in [2.45, 2.75) is 101 Å². The highest BCUT2D eigenvalue weighted by atomic mass is 32.2. The molecule has 3 atom stereocenters. The number of rotatable bonds is 10. The quantitative estimate of drug-likeness (QED) is 0.302. The molecule has 3 aromatic heterocycles. The lowest BCUT2D eigenvalue weighted by Crippen LogP contribution is -2.37. The van der Waals surface area contributed by atoms with E-state index in [4.69, 9.17) is 4.98 Å². The largest absolute Gasteiger partial charge is 0.390 e. The van der Waals surface area contributed by atoms with Crippen LogP contribution in [0.25, 0.3) is 5.65 Å². The standard InChI is InChI=1S/C27H35F5N8O2S/c1-25(2,3)43(42)38-22(16-4-5-16)18-12-21-35-20(15-39(21)33-13-18)23(17-6-8-26(28,29)9-7-17)36-24(41)19-14-34-40(37-19)11-10-27(30,31)32/h12-17,22-23,38H,4-11H2,1-3H3,(H,36,41)/t22?,23-,43?/m0/s1. The zero-order chi connectivity index (χ0) is 31.2. The van der Waals surface area contributed by atoms with Gasteiger partial charge in [-0.05, 0) is 69.9 Å². The fourth-order valence-corrected chi connectivity index (χ4v) is 6.08. The zero-order valence-electron chi connectivity index (χ0n) is 24.1. The van der Waals surface area contributed by atoms with E-state index >= 15 is 0 Å². The molecule has 3 aromatic rings. The molecular weight excluding hydrogens is 595 g/mol. The van der Waals surface area contributed by atoms with E-state index in [1.807, 2.05) is 26.8 Å². The lowest BCUT2D eigenvalue weighted by Gasteiger charge is -2.33. The Morgan fingerprint density at radius 2 is 1.74 bits per heavy atom. The number of hydrogen-bond donors (Lipinski definition) is 2. The molecule has 2 unspecified atom stereocenters. The van der Waals surface area contributed by atoms with Crippen LogP contribution in [0, 0.1) is 11.8 Å². The maximum Gasteiger partial charge on any atom is 0.390 e. The summed E-state index contributed by atoms with van der Waals surface area (Å²) in [5.74, 6) is -3.55. The third-order valence-electron chi connectivity index (χ3n) is 7.81. The summed E-state index contributed by atoms with van der Waals surface area (Å²) in [5, 5.41) is 14.9. The highest BCUT2D eigenvalue weighted by molar-refractivity contribution is 7.84. The van der Waals surface area contributed by atoms with Gasteiger partial charge in [0.2, 0.25) is 5.92 Å². The van der Waals surface area contributed by atoms with E-state index in [2.05, 4.69) is 25.3 Å². The fourth-order valence-electron chi connectivity index (χ4n) is 5.17. The van der Waals surface area contributed by atoms with Gasteiger partial charge in [0.05, 0.1) is 59.0 Å². The van der Waals surface area contributed by atoms with Crippen molar-refractivity contribution in [2.75, 3.05) is 0 Å². The molecule has 0 saturated heterocycles. The number of amides is 1. The third kappa shape index (κ3) is 7.94. The van der Waals surface area contributed by atoms with E-state index in [9.17, 15) is 31.0 Å². The van der Waals surface area contributed by atoms with E-state index in [0.717, 1.165) is 29.4 Å². The molecule has 2 aliphatic rings. The van der Waals surface area contributed by atoms with Crippen LogP contribution in [0.4, 0.5) is 22.0 Å². The Labute approximate surface area is 247 Å². The van der Waals surface area contributed by atoms with E-state index in [-0.39, 0.29) is 43.3 Å². The highest BCUT2D eigenvalue weighted by Gasteiger charge is 2.40. The molecule has 0 radical (unpaired) electrons. The predicted molar refractivity (Wildman–Crippen MR) is 147 cm³/mol. The third-order valence-corrected chi connectivity index (χ3v) is 9.39. The van der Waals surface area contributed by atoms with Gasteiger partial charge >= 0.3 is 6.18 Å². The first-order valence-electron chi connectivity index (χ1n) is 14.3. The summed E-state index contributed by atoms with van der Waals surface area (Å²) in [5.41, 5.74) is 1.51. The van der Waals surface area contributed by atoms with Crippen molar-refractivity contribution in [3.63, 3.8) is 0 Å². The summed E-state index contributed by atoms with van der Waals surface area (Å²) >= 11 is 0. The highest BCUT2D eigenvalue weighted by Crippen LogP contribution is 2.43. The van der Waals surface area contributed by atoms with Crippen LogP contribution in [0.1, 0.15) is 99.5 Å². The van der Waals surface area contributed by atoms with Crippen LogP contribution in [0.5, 0.6) is 0 Å². The van der Waals surface area contributed by atoms with Crippen molar-refractivity contribution in [1.29, 1.82) is 0 Å². The molecule has 0 spiro atoms. The first kappa shape index (κ1) is 31.4. The molecule has 2 aliphatic carbocycles. The number of imidazole rings is 1. The Bertz CT molecular complexity index is 1470. The first-order valence-corrected chi connectivity index (χ1v) is 15.4. The number of hydrogen-bond acceptors (Lipinski definition) is 6. The minimum Gasteiger partial charge on any atom is -0.342 e. The molecule has 0 aliphatic heterocycles. The van der Waals surface area contributed by atoms with Crippen molar-refractivity contribution in [1.82, 2.24) is 39.6 Å². The summed E-state index contributed by atoms with van der Waals surface area (Å²) in [6.45, 7) is 5.13. The molecule has 236 valence electrons. The predicted octanol–water partition coefficient (Wildman–Crippen LogP) is 5.07. The van der Waals surface area contributed by atoms with Gasteiger partial charge in [0.25, 0.3) is 5.91 Å². The van der Waals surface area contributed by atoms with Crippen molar-refractivity contribution in [3.8, 4) is 0 Å². The Hall–Kier alpha value is -3.01. The van der Waals surface area contributed by atoms with Gasteiger partial charge in [0.1, 0.15) is 0 Å². The molecule has 2 saturated carbocycles. The number of carbonyl (C=O) groups is 1. The van der Waals surface area contributed by atoms with Gasteiger partial charge in [0.15, 0.2) is 11.3 Å². The monoisotopic (exact) mass is 630 g/mol. The molecule has 1 amide bonds. The summed E-state index contributed by atoms with van der Waals surface area (Å²) in [6, 6.07) is 0.875. The van der Waals surface area contributed by atoms with E-state index in [1.54, 1.807) is 12.4 Å². The average molecular weight is 631 g/mol. The Balaban J connectivity index is 1.39. The second-order valence-corrected chi connectivity index (χ2v) is 14.4. The fraction of sp³-hybridized carbons (Fsp3) is 0.667. The second kappa shape index (κ2) is 11.8. The van der Waals surface area contributed by atoms with Crippen LogP contribution >= 0.6 is 0 Å². The number of aromatic nitrogens is 6. The van der Waals surface area contributed by atoms with Gasteiger partial charge in [-0.1, -0.05) is 0 Å². The van der Waals surface area contributed by atoms with Crippen molar-refractivity contribution < 1.29 is 31.0 Å². The van der Waals surface area contributed by atoms with Crippen LogP contribution in [-0.4, -0.2) is 56.6 Å². The van der Waals surface area contributed by atoms with Crippen LogP contribution in [0.3, 0.4) is 0 Å². The van der Waals surface area contributed by atoms with Gasteiger partial charge in [-0.3, -0.25) is 4.79 Å². The van der Waals surface area contributed by atoms with E-state index < -0.39 is 52.7 Å². The van der Waals surface area contributed by atoms with Crippen LogP contribution in [0.15, 0.2) is 24.7 Å². The summed E-state index contributed by atoms with van der Waals surface area (Å²) in [6.07, 6.45) is 0.398. The smallest absolute Gasteiger partial charge is 0.342 e. The normalized spacial score (nSPS) is 20.2. The summed E-state index contributed by atoms with van der Waals surface area (Å²) < 4.78 is 83.0. The van der Waals surface area contributed by atoms with Crippen LogP contribution in [0.2, 0.25) is 0 Å². The molecular formula is C27H35F5N8O2S. The van der Waals surface area contributed by atoms with E-state index in [1.165, 1.54) is 4.52 Å². The topological polar surface area (TPSA) is 119 Å². The molecule has 0 bridgehead atoms. The molecule has 3 heterocycles. The molecule has 5 rings (SSSR count). The van der Waals surface area contributed by atoms with Crippen LogP contribution < -0.4 is 10.0 Å². The zero-order valence-corrected chi connectivity index (χ0v) is 24.9. The maximum absolute atomic E-state index is 14.0. The number of alkyl halides is 5. The van der Waals surface area contributed by atoms with Gasteiger partial charge in [0, 0.05) is 18.9 Å². The second-order valence-electron chi connectivity index (χ2n) is 12.4. The summed E-state index contributed by atoms with van der Waals surface area (Å²) in [7, 11) is -1.31. The van der Waals surface area contributed by atoms with Gasteiger partial charge < -0.3 is 5.32 Å². The van der Waals surface area contributed by atoms with Crippen molar-refractivity contribution in [3.05, 3.63) is 41.6 Å². The molecule has 2 fully saturated rings. The molecule has 16 heteroatoms. The number of nitrogens with zero attached hydrogens (tertiary/aromatic N) is 6. The number of carbonyl (C=O) groups excluding carboxylic acids is 1. The SMILES string of the molecule is CC(C)(C)S(=O)NC(c1cnn2cc([C@@H](NC(=O)c3cnn(CCC(F)(F)F)n3)C3CCC(F)(F)CC3)nc2c1)C1CC1. The molecule has 0 aromatic carbocycles. The van der Waals surface area contributed by atoms with Gasteiger partial charge in [-0.25, -0.2) is 27.2 Å². The Morgan fingerprint density at radius 3 is 2.37 bits per heavy atom. The lowest BCUT2D eigenvalue weighted by atomic mass is 9.81. The van der Waals surface area contributed by atoms with Crippen molar-refractivity contribution >= 4 is 22.5 Å². The lowest BCUT2D eigenvalue weighted by molar-refractivity contribution is -0.137. The summed E-state index contributed by atoms with van der Waals surface area (Å²) in [4.78, 5) is 18.7. The maximum atomic E-state index is 14.0. The Kier molecular flexibility index (Phi) is 8.64. The number of aryl methyl sites for hydroxylation is 1. The van der Waals surface area contributed by atoms with Gasteiger partial charge in [-0.2, -0.15) is 28.2 Å². The first-order chi connectivity index (χ1) is 20.1. The Morgan fingerprint density at radius 1 is 1.07 bits per heavy atom.